The third-order valence-corrected chi connectivity index (χ3v) is 19.9. The van der Waals surface area contributed by atoms with E-state index in [0.717, 1.165) is 100 Å². The molecule has 626 valence electrons. The summed E-state index contributed by atoms with van der Waals surface area (Å²) >= 11 is 35.1. The zero-order chi connectivity index (χ0) is 85.0. The zero-order valence-electron chi connectivity index (χ0n) is 64.9. The van der Waals surface area contributed by atoms with Crippen LogP contribution in [0.1, 0.15) is 62.6 Å². The highest BCUT2D eigenvalue weighted by molar-refractivity contribution is 7.72. The topological polar surface area (TPSA) is 477 Å². The predicted octanol–water partition coefficient (Wildman–Crippen LogP) is 18.3. The van der Waals surface area contributed by atoms with E-state index in [4.69, 9.17) is 137 Å². The Morgan fingerprint density at radius 3 is 1.46 bits per heavy atom. The number of rotatable bonds is 3. The van der Waals surface area contributed by atoms with Crippen LogP contribution < -0.4 is 62.2 Å². The van der Waals surface area contributed by atoms with Crippen LogP contribution in [0, 0.1) is 54.2 Å². The number of hydrogen-bond donors (Lipinski definition) is 15. The van der Waals surface area contributed by atoms with Crippen molar-refractivity contribution in [3.63, 3.8) is 0 Å². The number of anilines is 9. The lowest BCUT2D eigenvalue weighted by Crippen LogP contribution is -2.23. The Morgan fingerprint density at radius 1 is 0.385 bits per heavy atom. The van der Waals surface area contributed by atoms with E-state index in [-0.39, 0.29) is 22.3 Å². The average molecular weight is 1760 g/mol. The standard InChI is InChI=1S/C15H13N3S.C10H11N3S.3C9H9N3S.C9H11N3.C8H7N3S.C8H9N3.C6H5N5S.3CH4/c16-14-12-8-4-5-9-13(12)18(15(19)17-14)10-11-6-2-1-3-7-11;1-2-13-8-6-4-3-5-7(8)9(11)12-10(13)14;1-5-2-3-6-7(4-5)11-9(13)12-8(6)10;1-12-7-5-3-2-4-6(7)8(10)11-9(12)13;1-5-3-2-4-6-7(5)8(10)12-9(13)11-6;1-6-3-2-4-7-8(6)9(10)12-5-11-7;9-7-5-3-1-2-4-6(5)10-8(12)11-7;9-8-6-3-1-2-4-7(6)10-5-11-8;7-4-3-5(9-2-1-8-3)11-6(12)10-4;;;/h1-9H,10H2,(H2,16,17,19);3-6H,2H2,1H3,(H2,11,12,14);2-4H,1H3,(H3,10,11,12,13);2-5H,1H3,(H2,10,11,13);2-4H,1H3,(H3,10,11,12,13);2-4,11H,5H2,1H3,(H2,10,12);1-4H,(H3,9,10,11,12);1-4,10H,5H2,(H2,9,11);1-2H,(H3,7,9,10,11,12);3*1H4. The van der Waals surface area contributed by atoms with E-state index in [2.05, 4.69) is 97.5 Å². The molecule has 0 amide bonds. The number of nitrogens with two attached hydrogens (primary N) is 9. The molecule has 122 heavy (non-hydrogen) atoms. The van der Waals surface area contributed by atoms with Crippen LogP contribution in [0.4, 0.5) is 52.1 Å². The molecule has 8 aromatic heterocycles. The molecule has 10 heterocycles. The molecule has 36 heteroatoms. The van der Waals surface area contributed by atoms with Crippen molar-refractivity contribution in [2.45, 2.75) is 63.1 Å². The van der Waals surface area contributed by atoms with Gasteiger partial charge in [0.2, 0.25) is 19.1 Å². The number of H-pyrrole nitrogens is 4. The van der Waals surface area contributed by atoms with Gasteiger partial charge in [0.1, 0.15) is 71.3 Å². The van der Waals surface area contributed by atoms with Crippen LogP contribution in [0.15, 0.2) is 229 Å². The number of nitrogen functional groups attached to an aromatic ring is 7. The van der Waals surface area contributed by atoms with Crippen molar-refractivity contribution in [2.24, 2.45) is 28.5 Å². The molecule has 0 bridgehead atoms. The molecule has 0 spiro atoms. The van der Waals surface area contributed by atoms with Gasteiger partial charge in [0.15, 0.2) is 20.0 Å². The molecule has 0 saturated heterocycles. The molecule has 0 saturated carbocycles. The van der Waals surface area contributed by atoms with Crippen molar-refractivity contribution >= 4 is 226 Å². The van der Waals surface area contributed by atoms with Crippen molar-refractivity contribution in [1.29, 1.82) is 0 Å². The molecule has 9 aromatic carbocycles. The minimum Gasteiger partial charge on any atom is -0.383 e. The van der Waals surface area contributed by atoms with Gasteiger partial charge in [-0.25, -0.2) is 49.9 Å². The molecule has 2 aliphatic heterocycles. The summed E-state index contributed by atoms with van der Waals surface area (Å²) in [5.41, 5.74) is 67.3. The third kappa shape index (κ3) is 23.6. The highest BCUT2D eigenvalue weighted by Gasteiger charge is 2.14. The van der Waals surface area contributed by atoms with E-state index in [1.807, 2.05) is 243 Å². The van der Waals surface area contributed by atoms with Crippen molar-refractivity contribution in [2.75, 3.05) is 64.1 Å². The first-order chi connectivity index (χ1) is 57.2. The summed E-state index contributed by atoms with van der Waals surface area (Å²) in [4.78, 5) is 56.1. The van der Waals surface area contributed by atoms with Crippen molar-refractivity contribution in [3.05, 3.63) is 285 Å². The van der Waals surface area contributed by atoms with Gasteiger partial charge in [-0.3, -0.25) is 0 Å². The van der Waals surface area contributed by atoms with Crippen molar-refractivity contribution < 1.29 is 0 Å². The van der Waals surface area contributed by atoms with Crippen LogP contribution >= 0.6 is 85.5 Å². The summed E-state index contributed by atoms with van der Waals surface area (Å²) in [6.45, 7) is 10.8. The van der Waals surface area contributed by atoms with E-state index < -0.39 is 0 Å². The minimum atomic E-state index is 0. The number of nitrogens with one attached hydrogen (secondary N) is 6. The molecule has 19 rings (SSSR count). The van der Waals surface area contributed by atoms with Crippen LogP contribution in [0.5, 0.6) is 0 Å². The molecule has 0 unspecified atom stereocenters. The number of aryl methyl sites for hydroxylation is 5. The van der Waals surface area contributed by atoms with Crippen LogP contribution in [0.3, 0.4) is 0 Å². The number of nitrogens with zero attached hydrogens (tertiary/aromatic N) is 14. The minimum absolute atomic E-state index is 0. The number of amidine groups is 2. The highest BCUT2D eigenvalue weighted by Crippen LogP contribution is 2.27. The molecular formula is C86H95N29S7. The van der Waals surface area contributed by atoms with Crippen LogP contribution in [-0.4, -0.2) is 104 Å². The van der Waals surface area contributed by atoms with Crippen LogP contribution in [0.2, 0.25) is 0 Å². The maximum atomic E-state index is 5.93. The van der Waals surface area contributed by atoms with Crippen LogP contribution in [-0.2, 0) is 20.1 Å². The Balaban J connectivity index is 0.000000171. The summed E-state index contributed by atoms with van der Waals surface area (Å²) < 4.78 is 9.00. The van der Waals surface area contributed by atoms with Gasteiger partial charge in [0.05, 0.1) is 39.6 Å². The SMILES string of the molecule is C.C.C.CCn1c(=S)nc(N)c2ccccc21.Cc1ccc2c(N)nc(=S)[nH]c2c1.Cc1cccc2[nH]c(=S)nc(N)c12.Cc1cccc2c1C(N)=NCN2.Cn1c(=S)nc(N)c2ccccc21.NC1=NCNc2ccccc21.Nc1[nH]c(=S)nc2nccnc12.Nc1nc(=S)[nH]c2ccccc12.Nc1nc(=S)n(Cc2ccccc2)c2ccccc12. The average Bonchev–Trinajstić information content (AvgIpc) is 0.795. The molecule has 0 atom stereocenters. The third-order valence-electron chi connectivity index (χ3n) is 18.1. The van der Waals surface area contributed by atoms with Gasteiger partial charge in [-0.15, -0.1) is 0 Å². The lowest BCUT2D eigenvalue weighted by atomic mass is 10.0. The summed E-state index contributed by atoms with van der Waals surface area (Å²) in [6.07, 6.45) is 3.10. The Kier molecular flexibility index (Phi) is 33.5. The number of hydrogen-bond acceptors (Lipinski definition) is 29. The predicted molar refractivity (Wildman–Crippen MR) is 524 cm³/mol. The number of aromatic amines is 4. The molecule has 2 aliphatic rings. The lowest BCUT2D eigenvalue weighted by molar-refractivity contribution is 0.756. The van der Waals surface area contributed by atoms with E-state index in [9.17, 15) is 0 Å². The van der Waals surface area contributed by atoms with Gasteiger partial charge in [-0.05, 0) is 220 Å². The smallest absolute Gasteiger partial charge is 0.202 e. The van der Waals surface area contributed by atoms with E-state index in [0.29, 0.717) is 117 Å². The van der Waals surface area contributed by atoms with Gasteiger partial charge < -0.3 is 95.9 Å². The summed E-state index contributed by atoms with van der Waals surface area (Å²) in [5.74, 6) is 4.63. The first-order valence-corrected chi connectivity index (χ1v) is 39.4. The molecule has 0 aliphatic carbocycles. The fraction of sp³-hybridized carbons (Fsp3) is 0.140. The maximum Gasteiger partial charge on any atom is 0.202 e. The van der Waals surface area contributed by atoms with E-state index >= 15 is 0 Å². The fourth-order valence-corrected chi connectivity index (χ4v) is 14.0. The number of aromatic nitrogens is 16. The molecule has 0 fully saturated rings. The second-order valence-electron chi connectivity index (χ2n) is 26.1. The van der Waals surface area contributed by atoms with Crippen LogP contribution in [0.25, 0.3) is 76.6 Å². The Hall–Kier alpha value is -13.9. The van der Waals surface area contributed by atoms with Gasteiger partial charge >= 0.3 is 0 Å². The quantitative estimate of drug-likeness (QED) is 0.0731. The molecular weight excluding hydrogens is 1660 g/mol. The van der Waals surface area contributed by atoms with Crippen molar-refractivity contribution in [1.82, 2.24) is 78.5 Å². The number of fused-ring (bicyclic) bond motifs is 9. The number of para-hydroxylation sites is 5. The van der Waals surface area contributed by atoms with Gasteiger partial charge in [0, 0.05) is 80.8 Å². The zero-order valence-corrected chi connectivity index (χ0v) is 70.6. The molecule has 0 radical (unpaired) electrons. The van der Waals surface area contributed by atoms with Gasteiger partial charge in [0.25, 0.3) is 0 Å². The normalized spacial score (nSPS) is 11.1. The Labute approximate surface area is 739 Å². The number of aliphatic imine (C=N–C) groups is 2. The maximum absolute atomic E-state index is 5.93. The molecule has 29 nitrogen and oxygen atoms in total. The van der Waals surface area contributed by atoms with Crippen molar-refractivity contribution in [3.8, 4) is 0 Å². The second kappa shape index (κ2) is 43.7. The lowest BCUT2D eigenvalue weighted by Gasteiger charge is -2.17. The first kappa shape index (κ1) is 93.6. The summed E-state index contributed by atoms with van der Waals surface area (Å²) in [5, 5.41) is 11.9. The van der Waals surface area contributed by atoms with E-state index in [1.54, 1.807) is 12.4 Å². The van der Waals surface area contributed by atoms with Gasteiger partial charge in [-0.2, -0.15) is 4.98 Å². The monoisotopic (exact) mass is 1760 g/mol. The summed E-state index contributed by atoms with van der Waals surface area (Å²) in [7, 11) is 1.89. The van der Waals surface area contributed by atoms with E-state index in [1.165, 1.54) is 16.7 Å². The molecule has 24 N–H and O–H groups in total. The fourth-order valence-electron chi connectivity index (χ4n) is 12.4. The van der Waals surface area contributed by atoms with Gasteiger partial charge in [-0.1, -0.05) is 144 Å². The highest BCUT2D eigenvalue weighted by atomic mass is 32.1. The molecule has 17 aromatic rings. The summed E-state index contributed by atoms with van der Waals surface area (Å²) in [6, 6.07) is 67.3. The Bertz CT molecular complexity index is 7000. The second-order valence-corrected chi connectivity index (χ2v) is 28.8. The largest absolute Gasteiger partial charge is 0.383 e. The first-order valence-electron chi connectivity index (χ1n) is 36.5. The Morgan fingerprint density at radius 2 is 0.836 bits per heavy atom. The number of benzene rings is 9.